The molecular formula is C16H32N2. The molecule has 0 radical (unpaired) electrons. The molecule has 2 heteroatoms. The number of hydrogen-bond donors (Lipinski definition) is 1. The average Bonchev–Trinajstić information content (AvgIpc) is 2.31. The first kappa shape index (κ1) is 14.3. The van der Waals surface area contributed by atoms with Crippen molar-refractivity contribution in [2.24, 2.45) is 17.3 Å². The molecule has 1 aliphatic carbocycles. The Bertz CT molecular complexity index is 230. The minimum absolute atomic E-state index is 0.524. The molecule has 18 heavy (non-hydrogen) atoms. The van der Waals surface area contributed by atoms with Gasteiger partial charge in [0.1, 0.15) is 0 Å². The van der Waals surface area contributed by atoms with Crippen LogP contribution in [-0.4, -0.2) is 37.6 Å². The second-order valence-corrected chi connectivity index (χ2v) is 7.70. The van der Waals surface area contributed by atoms with Gasteiger partial charge < -0.3 is 10.2 Å². The SMILES string of the molecule is CC(C)(C)C[C@H]1CC[C@H](CN2CCNCC2)CC1. The van der Waals surface area contributed by atoms with Crippen LogP contribution < -0.4 is 5.32 Å². The molecule has 0 aromatic heterocycles. The number of hydrogen-bond acceptors (Lipinski definition) is 2. The zero-order valence-corrected chi connectivity index (χ0v) is 12.7. The summed E-state index contributed by atoms with van der Waals surface area (Å²) < 4.78 is 0. The van der Waals surface area contributed by atoms with Crippen LogP contribution in [0.25, 0.3) is 0 Å². The lowest BCUT2D eigenvalue weighted by atomic mass is 9.74. The molecule has 0 amide bonds. The summed E-state index contributed by atoms with van der Waals surface area (Å²) in [4.78, 5) is 2.67. The first-order valence-electron chi connectivity index (χ1n) is 7.96. The molecule has 0 atom stereocenters. The molecule has 106 valence electrons. The Hall–Kier alpha value is -0.0800. The molecule has 0 spiro atoms. The Balaban J connectivity index is 1.66. The molecule has 1 saturated carbocycles. The van der Waals surface area contributed by atoms with E-state index in [9.17, 15) is 0 Å². The monoisotopic (exact) mass is 252 g/mol. The highest BCUT2D eigenvalue weighted by molar-refractivity contribution is 4.79. The van der Waals surface area contributed by atoms with Gasteiger partial charge in [-0.2, -0.15) is 0 Å². The van der Waals surface area contributed by atoms with E-state index < -0.39 is 0 Å². The molecular weight excluding hydrogens is 220 g/mol. The molecule has 0 aromatic carbocycles. The largest absolute Gasteiger partial charge is 0.314 e. The van der Waals surface area contributed by atoms with E-state index in [-0.39, 0.29) is 0 Å². The van der Waals surface area contributed by atoms with Crippen LogP contribution in [0.3, 0.4) is 0 Å². The van der Waals surface area contributed by atoms with E-state index in [4.69, 9.17) is 0 Å². The van der Waals surface area contributed by atoms with Crippen LogP contribution in [0.15, 0.2) is 0 Å². The van der Waals surface area contributed by atoms with Gasteiger partial charge in [0.25, 0.3) is 0 Å². The van der Waals surface area contributed by atoms with Crippen LogP contribution in [0.4, 0.5) is 0 Å². The van der Waals surface area contributed by atoms with Gasteiger partial charge in [0.05, 0.1) is 0 Å². The number of rotatable bonds is 3. The van der Waals surface area contributed by atoms with Gasteiger partial charge in [-0.25, -0.2) is 0 Å². The summed E-state index contributed by atoms with van der Waals surface area (Å²) in [5.41, 5.74) is 0.524. The van der Waals surface area contributed by atoms with Gasteiger partial charge in [-0.15, -0.1) is 0 Å². The zero-order valence-electron chi connectivity index (χ0n) is 12.7. The maximum Gasteiger partial charge on any atom is 0.0107 e. The lowest BCUT2D eigenvalue weighted by molar-refractivity contribution is 0.149. The maximum atomic E-state index is 3.44. The molecule has 1 saturated heterocycles. The van der Waals surface area contributed by atoms with Gasteiger partial charge in [-0.3, -0.25) is 0 Å². The predicted molar refractivity (Wildman–Crippen MR) is 78.8 cm³/mol. The van der Waals surface area contributed by atoms with E-state index in [1.165, 1.54) is 64.8 Å². The van der Waals surface area contributed by atoms with Gasteiger partial charge in [0, 0.05) is 32.7 Å². The Kier molecular flexibility index (Phi) is 5.08. The summed E-state index contributed by atoms with van der Waals surface area (Å²) in [5.74, 6) is 1.99. The van der Waals surface area contributed by atoms with E-state index >= 15 is 0 Å². The number of nitrogens with zero attached hydrogens (tertiary/aromatic N) is 1. The quantitative estimate of drug-likeness (QED) is 0.830. The zero-order chi connectivity index (χ0) is 13.0. The van der Waals surface area contributed by atoms with Crippen LogP contribution in [-0.2, 0) is 0 Å². The van der Waals surface area contributed by atoms with Crippen molar-refractivity contribution in [2.75, 3.05) is 32.7 Å². The van der Waals surface area contributed by atoms with Crippen LogP contribution in [0.2, 0.25) is 0 Å². The first-order valence-corrected chi connectivity index (χ1v) is 7.96. The summed E-state index contributed by atoms with van der Waals surface area (Å²) in [6, 6.07) is 0. The summed E-state index contributed by atoms with van der Waals surface area (Å²) >= 11 is 0. The van der Waals surface area contributed by atoms with E-state index in [0.717, 1.165) is 11.8 Å². The Labute approximate surface area is 114 Å². The fraction of sp³-hybridized carbons (Fsp3) is 1.00. The van der Waals surface area contributed by atoms with E-state index in [1.54, 1.807) is 0 Å². The molecule has 2 nitrogen and oxygen atoms in total. The maximum absolute atomic E-state index is 3.44. The van der Waals surface area contributed by atoms with Crippen molar-refractivity contribution in [3.05, 3.63) is 0 Å². The topological polar surface area (TPSA) is 15.3 Å². The van der Waals surface area contributed by atoms with Crippen molar-refractivity contribution < 1.29 is 0 Å². The average molecular weight is 252 g/mol. The predicted octanol–water partition coefficient (Wildman–Crippen LogP) is 3.13. The van der Waals surface area contributed by atoms with Gasteiger partial charge in [-0.05, 0) is 36.5 Å². The van der Waals surface area contributed by atoms with Crippen molar-refractivity contribution >= 4 is 0 Å². The fourth-order valence-corrected chi connectivity index (χ4v) is 3.74. The third-order valence-corrected chi connectivity index (χ3v) is 4.59. The summed E-state index contributed by atoms with van der Waals surface area (Å²) in [5, 5.41) is 3.44. The van der Waals surface area contributed by atoms with Crippen molar-refractivity contribution in [2.45, 2.75) is 52.9 Å². The minimum Gasteiger partial charge on any atom is -0.314 e. The first-order chi connectivity index (χ1) is 8.53. The highest BCUT2D eigenvalue weighted by Crippen LogP contribution is 2.36. The summed E-state index contributed by atoms with van der Waals surface area (Å²) in [7, 11) is 0. The molecule has 0 bridgehead atoms. The molecule has 1 N–H and O–H groups in total. The molecule has 2 fully saturated rings. The van der Waals surface area contributed by atoms with Gasteiger partial charge in [0.2, 0.25) is 0 Å². The Morgan fingerprint density at radius 1 is 0.944 bits per heavy atom. The van der Waals surface area contributed by atoms with E-state index in [1.807, 2.05) is 0 Å². The van der Waals surface area contributed by atoms with Crippen molar-refractivity contribution in [3.8, 4) is 0 Å². The second-order valence-electron chi connectivity index (χ2n) is 7.70. The van der Waals surface area contributed by atoms with Gasteiger partial charge in [-0.1, -0.05) is 33.6 Å². The van der Waals surface area contributed by atoms with Crippen molar-refractivity contribution in [3.63, 3.8) is 0 Å². The second kappa shape index (κ2) is 6.38. The summed E-state index contributed by atoms with van der Waals surface area (Å²) in [6.07, 6.45) is 7.34. The Morgan fingerprint density at radius 2 is 1.50 bits per heavy atom. The third-order valence-electron chi connectivity index (χ3n) is 4.59. The molecule has 1 heterocycles. The van der Waals surface area contributed by atoms with Crippen LogP contribution in [0.5, 0.6) is 0 Å². The number of nitrogens with one attached hydrogen (secondary N) is 1. The van der Waals surface area contributed by atoms with Crippen LogP contribution in [0.1, 0.15) is 52.9 Å². The third kappa shape index (κ3) is 4.89. The molecule has 2 aliphatic rings. The Morgan fingerprint density at radius 3 is 2.06 bits per heavy atom. The molecule has 0 aromatic rings. The highest BCUT2D eigenvalue weighted by Gasteiger charge is 2.26. The molecule has 1 aliphatic heterocycles. The number of piperazine rings is 1. The fourth-order valence-electron chi connectivity index (χ4n) is 3.74. The van der Waals surface area contributed by atoms with Crippen molar-refractivity contribution in [1.82, 2.24) is 10.2 Å². The lowest BCUT2D eigenvalue weighted by Gasteiger charge is -2.36. The van der Waals surface area contributed by atoms with Gasteiger partial charge >= 0.3 is 0 Å². The molecule has 2 rings (SSSR count). The van der Waals surface area contributed by atoms with E-state index in [2.05, 4.69) is 31.0 Å². The standard InChI is InChI=1S/C16H32N2/c1-16(2,3)12-14-4-6-15(7-5-14)13-18-10-8-17-9-11-18/h14-15,17H,4-13H2,1-3H3/t14-,15-. The van der Waals surface area contributed by atoms with Crippen molar-refractivity contribution in [1.29, 1.82) is 0 Å². The smallest absolute Gasteiger partial charge is 0.0107 e. The van der Waals surface area contributed by atoms with Gasteiger partial charge in [0.15, 0.2) is 0 Å². The van der Waals surface area contributed by atoms with E-state index in [0.29, 0.717) is 5.41 Å². The van der Waals surface area contributed by atoms with Crippen LogP contribution >= 0.6 is 0 Å². The minimum atomic E-state index is 0.524. The lowest BCUT2D eigenvalue weighted by Crippen LogP contribution is -2.45. The molecule has 0 unspecified atom stereocenters. The normalized spacial score (nSPS) is 31.5. The highest BCUT2D eigenvalue weighted by atomic mass is 15.2. The van der Waals surface area contributed by atoms with Crippen LogP contribution in [0, 0.1) is 17.3 Å². The summed E-state index contributed by atoms with van der Waals surface area (Å²) in [6.45, 7) is 13.5.